The van der Waals surface area contributed by atoms with Gasteiger partial charge in [0.1, 0.15) is 17.6 Å². The highest BCUT2D eigenvalue weighted by Gasteiger charge is 2.21. The first-order valence-electron chi connectivity index (χ1n) is 8.68. The third-order valence-electron chi connectivity index (χ3n) is 4.19. The van der Waals surface area contributed by atoms with Crippen LogP contribution >= 0.6 is 0 Å². The Morgan fingerprint density at radius 3 is 2.64 bits per heavy atom. The van der Waals surface area contributed by atoms with Gasteiger partial charge >= 0.3 is 0 Å². The summed E-state index contributed by atoms with van der Waals surface area (Å²) in [6, 6.07) is 3.61. The van der Waals surface area contributed by atoms with Crippen molar-refractivity contribution in [2.45, 2.75) is 39.8 Å². The molecule has 3 heterocycles. The molecule has 146 valence electrons. The highest BCUT2D eigenvalue weighted by molar-refractivity contribution is 5.96. The molecule has 1 amide bonds. The molecule has 0 saturated carbocycles. The van der Waals surface area contributed by atoms with Gasteiger partial charge < -0.3 is 20.6 Å². The molecule has 9 nitrogen and oxygen atoms in total. The van der Waals surface area contributed by atoms with Crippen LogP contribution in [0.3, 0.4) is 0 Å². The van der Waals surface area contributed by atoms with Gasteiger partial charge in [0.2, 0.25) is 5.89 Å². The van der Waals surface area contributed by atoms with Crippen molar-refractivity contribution >= 4 is 11.7 Å². The molecule has 0 aromatic carbocycles. The topological polar surface area (TPSA) is 140 Å². The van der Waals surface area contributed by atoms with Crippen LogP contribution in [0.4, 0.5) is 5.82 Å². The van der Waals surface area contributed by atoms with E-state index in [1.165, 1.54) is 12.5 Å². The molecular formula is C19H22N6O3. The van der Waals surface area contributed by atoms with Crippen LogP contribution < -0.4 is 11.1 Å². The smallest absolute Gasteiger partial charge is 0.274 e. The summed E-state index contributed by atoms with van der Waals surface area (Å²) in [4.78, 5) is 29.5. The molecule has 0 atom stereocenters. The van der Waals surface area contributed by atoms with Crippen LogP contribution in [0.2, 0.25) is 0 Å². The summed E-state index contributed by atoms with van der Waals surface area (Å²) in [5, 5.41) is 12.9. The lowest BCUT2D eigenvalue weighted by atomic mass is 10.0. The number of hydrogen-bond donors (Lipinski definition) is 3. The highest BCUT2D eigenvalue weighted by atomic mass is 16.3. The molecule has 0 aliphatic carbocycles. The van der Waals surface area contributed by atoms with Crippen LogP contribution in [0.15, 0.2) is 29.0 Å². The lowest BCUT2D eigenvalue weighted by Gasteiger charge is -2.18. The van der Waals surface area contributed by atoms with E-state index in [0.29, 0.717) is 22.8 Å². The lowest BCUT2D eigenvalue weighted by Crippen LogP contribution is -2.27. The van der Waals surface area contributed by atoms with Crippen LogP contribution in [0, 0.1) is 13.8 Å². The van der Waals surface area contributed by atoms with Gasteiger partial charge in [0.25, 0.3) is 5.91 Å². The summed E-state index contributed by atoms with van der Waals surface area (Å²) in [5.41, 5.74) is 7.78. The summed E-state index contributed by atoms with van der Waals surface area (Å²) < 4.78 is 5.21. The first-order valence-corrected chi connectivity index (χ1v) is 8.68. The quantitative estimate of drug-likeness (QED) is 0.607. The largest absolute Gasteiger partial charge is 0.443 e. The lowest BCUT2D eigenvalue weighted by molar-refractivity contribution is 0.0736. The number of amides is 1. The summed E-state index contributed by atoms with van der Waals surface area (Å²) in [6.07, 6.45) is 2.91. The van der Waals surface area contributed by atoms with Gasteiger partial charge in [0, 0.05) is 0 Å². The second kappa shape index (κ2) is 7.35. The molecule has 0 aliphatic rings. The van der Waals surface area contributed by atoms with Gasteiger partial charge in [-0.2, -0.15) is 0 Å². The van der Waals surface area contributed by atoms with Crippen molar-refractivity contribution in [2.75, 3.05) is 5.73 Å². The maximum Gasteiger partial charge on any atom is 0.274 e. The normalized spacial score (nSPS) is 11.5. The minimum absolute atomic E-state index is 0.0177. The molecular weight excluding hydrogens is 360 g/mol. The summed E-state index contributed by atoms with van der Waals surface area (Å²) in [5.74, 6) is -0.208. The SMILES string of the molecule is Cc1ccc(C(C)(C)O)nc1CNC(=O)c1nc(C)c(-c2ncco2)nc1N. The molecule has 3 aromatic heterocycles. The maximum absolute atomic E-state index is 12.6. The number of rotatable bonds is 5. The van der Waals surface area contributed by atoms with Crippen molar-refractivity contribution in [2.24, 2.45) is 0 Å². The van der Waals surface area contributed by atoms with Crippen LogP contribution in [0.5, 0.6) is 0 Å². The van der Waals surface area contributed by atoms with E-state index in [0.717, 1.165) is 5.56 Å². The van der Waals surface area contributed by atoms with E-state index in [2.05, 4.69) is 25.3 Å². The number of aryl methyl sites for hydroxylation is 2. The Morgan fingerprint density at radius 2 is 2.00 bits per heavy atom. The number of hydrogen-bond acceptors (Lipinski definition) is 8. The van der Waals surface area contributed by atoms with Gasteiger partial charge in [-0.1, -0.05) is 6.07 Å². The minimum atomic E-state index is -1.07. The van der Waals surface area contributed by atoms with Crippen molar-refractivity contribution in [3.05, 3.63) is 52.9 Å². The third kappa shape index (κ3) is 3.99. The third-order valence-corrected chi connectivity index (χ3v) is 4.19. The molecule has 0 radical (unpaired) electrons. The number of carbonyl (C=O) groups is 1. The number of anilines is 1. The van der Waals surface area contributed by atoms with Crippen LogP contribution in [0.1, 0.15) is 47.0 Å². The van der Waals surface area contributed by atoms with Gasteiger partial charge in [-0.05, 0) is 39.3 Å². The Morgan fingerprint density at radius 1 is 1.25 bits per heavy atom. The van der Waals surface area contributed by atoms with E-state index >= 15 is 0 Å². The molecule has 0 unspecified atom stereocenters. The Kier molecular flexibility index (Phi) is 5.10. The van der Waals surface area contributed by atoms with E-state index in [-0.39, 0.29) is 23.9 Å². The predicted molar refractivity (Wildman–Crippen MR) is 102 cm³/mol. The van der Waals surface area contributed by atoms with E-state index < -0.39 is 11.5 Å². The molecule has 0 saturated heterocycles. The van der Waals surface area contributed by atoms with Gasteiger partial charge in [-0.25, -0.2) is 15.0 Å². The Labute approximate surface area is 162 Å². The number of nitrogens with zero attached hydrogens (tertiary/aromatic N) is 4. The van der Waals surface area contributed by atoms with Crippen molar-refractivity contribution in [1.29, 1.82) is 0 Å². The standard InChI is InChI=1S/C19H22N6O3/c1-10-5-6-13(19(3,4)27)24-12(10)9-22-17(26)15-16(20)25-14(11(2)23-15)18-21-7-8-28-18/h5-8,27H,9H2,1-4H3,(H2,20,25)(H,22,26). The Balaban J connectivity index is 1.80. The molecule has 0 fully saturated rings. The fraction of sp³-hybridized carbons (Fsp3) is 0.316. The summed E-state index contributed by atoms with van der Waals surface area (Å²) in [7, 11) is 0. The predicted octanol–water partition coefficient (Wildman–Crippen LogP) is 1.88. The number of oxazole rings is 1. The van der Waals surface area contributed by atoms with Crippen LogP contribution in [0.25, 0.3) is 11.6 Å². The maximum atomic E-state index is 12.6. The van der Waals surface area contributed by atoms with E-state index in [4.69, 9.17) is 10.2 Å². The Bertz CT molecular complexity index is 1010. The zero-order valence-corrected chi connectivity index (χ0v) is 16.1. The van der Waals surface area contributed by atoms with E-state index in [1.54, 1.807) is 26.8 Å². The van der Waals surface area contributed by atoms with E-state index in [1.807, 2.05) is 13.0 Å². The zero-order chi connectivity index (χ0) is 20.5. The van der Waals surface area contributed by atoms with Gasteiger partial charge in [-0.3, -0.25) is 9.78 Å². The zero-order valence-electron chi connectivity index (χ0n) is 16.1. The second-order valence-corrected chi connectivity index (χ2v) is 6.93. The van der Waals surface area contributed by atoms with Gasteiger partial charge in [-0.15, -0.1) is 0 Å². The van der Waals surface area contributed by atoms with E-state index in [9.17, 15) is 9.90 Å². The fourth-order valence-corrected chi connectivity index (χ4v) is 2.58. The van der Waals surface area contributed by atoms with Gasteiger partial charge in [0.15, 0.2) is 11.5 Å². The molecule has 9 heteroatoms. The summed E-state index contributed by atoms with van der Waals surface area (Å²) in [6.45, 7) is 7.05. The fourth-order valence-electron chi connectivity index (χ4n) is 2.58. The van der Waals surface area contributed by atoms with Crippen LogP contribution in [-0.2, 0) is 12.1 Å². The monoisotopic (exact) mass is 382 g/mol. The molecule has 3 rings (SSSR count). The number of nitrogen functional groups attached to an aromatic ring is 1. The number of nitrogens with two attached hydrogens (primary N) is 1. The first kappa shape index (κ1) is 19.4. The minimum Gasteiger partial charge on any atom is -0.443 e. The molecule has 0 bridgehead atoms. The molecule has 0 spiro atoms. The molecule has 0 aliphatic heterocycles. The highest BCUT2D eigenvalue weighted by Crippen LogP contribution is 2.21. The van der Waals surface area contributed by atoms with Crippen molar-refractivity contribution in [1.82, 2.24) is 25.3 Å². The second-order valence-electron chi connectivity index (χ2n) is 6.93. The summed E-state index contributed by atoms with van der Waals surface area (Å²) >= 11 is 0. The first-order chi connectivity index (χ1) is 13.2. The van der Waals surface area contributed by atoms with Crippen LogP contribution in [-0.4, -0.2) is 30.9 Å². The van der Waals surface area contributed by atoms with Gasteiger partial charge in [0.05, 0.1) is 29.8 Å². The Hall–Kier alpha value is -3.33. The number of aromatic nitrogens is 4. The molecule has 28 heavy (non-hydrogen) atoms. The number of nitrogens with one attached hydrogen (secondary N) is 1. The van der Waals surface area contributed by atoms with Crippen molar-refractivity contribution < 1.29 is 14.3 Å². The molecule has 3 aromatic rings. The number of aliphatic hydroxyl groups is 1. The average Bonchev–Trinajstić information content (AvgIpc) is 3.15. The average molecular weight is 382 g/mol. The van der Waals surface area contributed by atoms with Crippen molar-refractivity contribution in [3.63, 3.8) is 0 Å². The molecule has 4 N–H and O–H groups in total. The number of carbonyl (C=O) groups excluding carboxylic acids is 1. The van der Waals surface area contributed by atoms with Crippen molar-refractivity contribution in [3.8, 4) is 11.6 Å². The number of pyridine rings is 1.